The van der Waals surface area contributed by atoms with Gasteiger partial charge in [0.05, 0.1) is 0 Å². The summed E-state index contributed by atoms with van der Waals surface area (Å²) in [7, 11) is 0. The van der Waals surface area contributed by atoms with Gasteiger partial charge < -0.3 is 0 Å². The Morgan fingerprint density at radius 3 is 2.27 bits per heavy atom. The number of nitrogens with zero attached hydrogens (tertiary/aromatic N) is 2. The first-order valence-corrected chi connectivity index (χ1v) is 12.2. The molecule has 0 aliphatic carbocycles. The predicted octanol–water partition coefficient (Wildman–Crippen LogP) is 6.87. The Labute approximate surface area is 183 Å². The standard InChI is InChI=1S/C27H26N2Se/c1-16-10-17(2)12-20(11-16)23-26-24(29-15-28-23)22-9-7-19-13-18(14-27(3,4)5)6-8-21(19)25(22)30-26/h6-13,15H,14H2,1-5H3. The summed E-state index contributed by atoms with van der Waals surface area (Å²) in [6.07, 6.45) is 2.82. The van der Waals surface area contributed by atoms with Crippen LogP contribution >= 0.6 is 0 Å². The van der Waals surface area contributed by atoms with E-state index in [2.05, 4.69) is 83.1 Å². The first-order chi connectivity index (χ1) is 14.3. The molecule has 0 saturated heterocycles. The van der Waals surface area contributed by atoms with Crippen molar-refractivity contribution in [3.05, 3.63) is 71.5 Å². The van der Waals surface area contributed by atoms with Crippen molar-refractivity contribution in [2.45, 2.75) is 41.0 Å². The summed E-state index contributed by atoms with van der Waals surface area (Å²) in [5, 5.41) is 4.00. The fourth-order valence-electron chi connectivity index (χ4n) is 4.45. The predicted molar refractivity (Wildman–Crippen MR) is 130 cm³/mol. The van der Waals surface area contributed by atoms with Crippen LogP contribution in [0.3, 0.4) is 0 Å². The van der Waals surface area contributed by atoms with Crippen molar-refractivity contribution < 1.29 is 0 Å². The molecule has 0 N–H and O–H groups in total. The Morgan fingerprint density at radius 2 is 1.53 bits per heavy atom. The van der Waals surface area contributed by atoms with Gasteiger partial charge in [-0.2, -0.15) is 0 Å². The maximum atomic E-state index is 4.72. The van der Waals surface area contributed by atoms with Crippen LogP contribution in [0.5, 0.6) is 0 Å². The molecule has 0 fully saturated rings. The van der Waals surface area contributed by atoms with E-state index in [-0.39, 0.29) is 14.5 Å². The average Bonchev–Trinajstić information content (AvgIpc) is 3.04. The molecule has 2 heterocycles. The van der Waals surface area contributed by atoms with Gasteiger partial charge in [-0.15, -0.1) is 0 Å². The van der Waals surface area contributed by atoms with Crippen LogP contribution in [0.25, 0.3) is 41.5 Å². The van der Waals surface area contributed by atoms with Crippen molar-refractivity contribution in [3.8, 4) is 11.3 Å². The van der Waals surface area contributed by atoms with Crippen LogP contribution in [0.15, 0.2) is 54.9 Å². The van der Waals surface area contributed by atoms with Gasteiger partial charge >= 0.3 is 184 Å². The van der Waals surface area contributed by atoms with E-state index in [4.69, 9.17) is 9.97 Å². The third kappa shape index (κ3) is 3.47. The van der Waals surface area contributed by atoms with Gasteiger partial charge in [-0.3, -0.25) is 0 Å². The van der Waals surface area contributed by atoms with Crippen molar-refractivity contribution in [2.75, 3.05) is 0 Å². The van der Waals surface area contributed by atoms with Crippen LogP contribution in [-0.2, 0) is 6.42 Å². The van der Waals surface area contributed by atoms with Gasteiger partial charge in [0.2, 0.25) is 0 Å². The van der Waals surface area contributed by atoms with Crippen LogP contribution in [0, 0.1) is 19.3 Å². The molecule has 2 nitrogen and oxygen atoms in total. The first-order valence-electron chi connectivity index (χ1n) is 10.5. The van der Waals surface area contributed by atoms with E-state index in [0.717, 1.165) is 17.6 Å². The van der Waals surface area contributed by atoms with Crippen molar-refractivity contribution in [2.24, 2.45) is 5.41 Å². The second kappa shape index (κ2) is 7.04. The molecular weight excluding hydrogens is 431 g/mol. The van der Waals surface area contributed by atoms with Gasteiger partial charge in [-0.05, 0) is 0 Å². The minimum absolute atomic E-state index is 0.198. The quantitative estimate of drug-likeness (QED) is 0.271. The van der Waals surface area contributed by atoms with E-state index in [1.54, 1.807) is 6.33 Å². The average molecular weight is 457 g/mol. The van der Waals surface area contributed by atoms with Crippen LogP contribution in [0.1, 0.15) is 37.5 Å². The zero-order chi connectivity index (χ0) is 21.0. The van der Waals surface area contributed by atoms with Gasteiger partial charge in [-0.25, -0.2) is 0 Å². The molecule has 150 valence electrons. The number of hydrogen-bond donors (Lipinski definition) is 0. The van der Waals surface area contributed by atoms with Crippen LogP contribution in [-0.4, -0.2) is 24.5 Å². The SMILES string of the molecule is Cc1cc(C)cc(-c2ncnc3c2[se]c2c4ccc(CC(C)(C)C)cc4ccc32)c1. The van der Waals surface area contributed by atoms with Crippen LogP contribution in [0.2, 0.25) is 0 Å². The molecule has 3 aromatic carbocycles. The molecule has 0 bridgehead atoms. The molecule has 0 aliphatic rings. The molecule has 0 amide bonds. The molecular formula is C27H26N2Se. The number of aromatic nitrogens is 2. The van der Waals surface area contributed by atoms with Gasteiger partial charge in [-0.1, -0.05) is 0 Å². The second-order valence-corrected chi connectivity index (χ2v) is 11.8. The number of fused-ring (bicyclic) bond motifs is 5. The summed E-state index contributed by atoms with van der Waals surface area (Å²) in [5.41, 5.74) is 7.68. The minimum atomic E-state index is 0.198. The Balaban J connectivity index is 1.75. The van der Waals surface area contributed by atoms with Crippen LogP contribution < -0.4 is 0 Å². The fraction of sp³-hybridized carbons (Fsp3) is 0.259. The number of rotatable bonds is 2. The van der Waals surface area contributed by atoms with E-state index in [9.17, 15) is 0 Å². The van der Waals surface area contributed by atoms with E-state index >= 15 is 0 Å². The Kier molecular flexibility index (Phi) is 4.57. The molecule has 0 spiro atoms. The van der Waals surface area contributed by atoms with Gasteiger partial charge in [0.1, 0.15) is 0 Å². The third-order valence-corrected chi connectivity index (χ3v) is 8.12. The Hall–Kier alpha value is -2.48. The van der Waals surface area contributed by atoms with Crippen molar-refractivity contribution in [1.29, 1.82) is 0 Å². The van der Waals surface area contributed by atoms with E-state index in [1.165, 1.54) is 46.9 Å². The van der Waals surface area contributed by atoms with Crippen molar-refractivity contribution >= 4 is 44.7 Å². The molecule has 2 aromatic heterocycles. The molecule has 5 aromatic rings. The number of aryl methyl sites for hydroxylation is 2. The third-order valence-electron chi connectivity index (χ3n) is 5.53. The summed E-state index contributed by atoms with van der Waals surface area (Å²) in [6.45, 7) is 11.2. The van der Waals surface area contributed by atoms with Gasteiger partial charge in [0.25, 0.3) is 0 Å². The van der Waals surface area contributed by atoms with Crippen molar-refractivity contribution in [1.82, 2.24) is 9.97 Å². The summed E-state index contributed by atoms with van der Waals surface area (Å²) in [5.74, 6) is 0. The molecule has 0 unspecified atom stereocenters. The van der Waals surface area contributed by atoms with E-state index in [1.807, 2.05) is 0 Å². The maximum absolute atomic E-state index is 4.72. The van der Waals surface area contributed by atoms with Crippen molar-refractivity contribution in [3.63, 3.8) is 0 Å². The van der Waals surface area contributed by atoms with E-state index < -0.39 is 0 Å². The molecule has 5 rings (SSSR count). The summed E-state index contributed by atoms with van der Waals surface area (Å²) < 4.78 is 2.76. The first kappa shape index (κ1) is 19.5. The summed E-state index contributed by atoms with van der Waals surface area (Å²) >= 11 is 0.198. The monoisotopic (exact) mass is 458 g/mol. The Bertz CT molecular complexity index is 1400. The topological polar surface area (TPSA) is 25.8 Å². The zero-order valence-corrected chi connectivity index (χ0v) is 19.9. The van der Waals surface area contributed by atoms with E-state index in [0.29, 0.717) is 5.41 Å². The molecule has 0 radical (unpaired) electrons. The molecule has 0 atom stereocenters. The fourth-order valence-corrected chi connectivity index (χ4v) is 7.18. The molecule has 0 aliphatic heterocycles. The normalized spacial score (nSPS) is 12.3. The molecule has 30 heavy (non-hydrogen) atoms. The second-order valence-electron chi connectivity index (χ2n) is 9.61. The zero-order valence-electron chi connectivity index (χ0n) is 18.2. The molecule has 0 saturated carbocycles. The Morgan fingerprint density at radius 1 is 0.800 bits per heavy atom. The number of hydrogen-bond acceptors (Lipinski definition) is 2. The van der Waals surface area contributed by atoms with Gasteiger partial charge in [0.15, 0.2) is 0 Å². The van der Waals surface area contributed by atoms with Crippen LogP contribution in [0.4, 0.5) is 0 Å². The summed E-state index contributed by atoms with van der Waals surface area (Å²) in [4.78, 5) is 9.43. The summed E-state index contributed by atoms with van der Waals surface area (Å²) in [6, 6.07) is 18.2. The molecule has 3 heteroatoms. The number of benzene rings is 3. The van der Waals surface area contributed by atoms with Gasteiger partial charge in [0, 0.05) is 0 Å².